The van der Waals surface area contributed by atoms with Crippen LogP contribution in [-0.4, -0.2) is 29.8 Å². The summed E-state index contributed by atoms with van der Waals surface area (Å²) in [5, 5.41) is 8.87. The van der Waals surface area contributed by atoms with Crippen LogP contribution < -0.4 is 14.8 Å². The minimum atomic E-state index is -0.261. The predicted molar refractivity (Wildman–Crippen MR) is 114 cm³/mol. The van der Waals surface area contributed by atoms with Gasteiger partial charge >= 0.3 is 0 Å². The highest BCUT2D eigenvalue weighted by atomic mass is 32.1. The van der Waals surface area contributed by atoms with Crippen LogP contribution in [0.1, 0.15) is 11.5 Å². The van der Waals surface area contributed by atoms with Crippen LogP contribution in [0.2, 0.25) is 0 Å². The summed E-state index contributed by atoms with van der Waals surface area (Å²) in [5.74, 6) is 2.10. The van der Waals surface area contributed by atoms with Crippen molar-refractivity contribution in [2.45, 2.75) is 6.42 Å². The highest BCUT2D eigenvalue weighted by Gasteiger charge is 2.13. The molecule has 0 aliphatic heterocycles. The quantitative estimate of drug-likeness (QED) is 0.453. The fourth-order valence-corrected chi connectivity index (χ4v) is 3.45. The Morgan fingerprint density at radius 2 is 1.87 bits per heavy atom. The zero-order chi connectivity index (χ0) is 20.8. The minimum Gasteiger partial charge on any atom is -0.497 e. The molecule has 0 aliphatic carbocycles. The molecule has 4 aromatic rings. The van der Waals surface area contributed by atoms with Crippen LogP contribution in [0.3, 0.4) is 0 Å². The number of hydrogen-bond acceptors (Lipinski definition) is 7. The van der Waals surface area contributed by atoms with E-state index < -0.39 is 0 Å². The molecule has 2 aromatic carbocycles. The summed E-state index contributed by atoms with van der Waals surface area (Å²) in [6, 6.07) is 18.4. The molecule has 0 aliphatic rings. The van der Waals surface area contributed by atoms with Gasteiger partial charge in [-0.15, -0.1) is 11.3 Å². The maximum absolute atomic E-state index is 12.4. The van der Waals surface area contributed by atoms with E-state index in [-0.39, 0.29) is 12.5 Å². The zero-order valence-electron chi connectivity index (χ0n) is 16.2. The molecule has 1 N–H and O–H groups in total. The van der Waals surface area contributed by atoms with Gasteiger partial charge in [-0.05, 0) is 47.3 Å². The monoisotopic (exact) mass is 421 g/mol. The number of para-hydroxylation sites is 1. The van der Waals surface area contributed by atoms with E-state index in [1.54, 1.807) is 42.7 Å². The molecule has 0 saturated carbocycles. The number of methoxy groups -OCH3 is 1. The first-order valence-electron chi connectivity index (χ1n) is 9.22. The van der Waals surface area contributed by atoms with Crippen LogP contribution in [0.5, 0.6) is 11.5 Å². The SMILES string of the molecule is COc1ccc(OCC(=O)Nc2ccccc2Cc2nc(-c3cccs3)no2)cc1. The molecular formula is C22H19N3O4S. The normalized spacial score (nSPS) is 10.6. The molecule has 0 fully saturated rings. The largest absolute Gasteiger partial charge is 0.497 e. The standard InChI is InChI=1S/C22H19N3O4S/c1-27-16-8-10-17(11-9-16)28-14-20(26)23-18-6-3-2-5-15(18)13-21-24-22(25-29-21)19-7-4-12-30-19/h2-12H,13-14H2,1H3,(H,23,26). The van der Waals surface area contributed by atoms with Gasteiger partial charge in [0.25, 0.3) is 5.91 Å². The Hall–Kier alpha value is -3.65. The zero-order valence-corrected chi connectivity index (χ0v) is 17.0. The second-order valence-corrected chi connectivity index (χ2v) is 7.28. The van der Waals surface area contributed by atoms with Gasteiger partial charge in [0.2, 0.25) is 11.7 Å². The van der Waals surface area contributed by atoms with Crippen molar-refractivity contribution in [2.24, 2.45) is 0 Å². The van der Waals surface area contributed by atoms with E-state index in [4.69, 9.17) is 14.0 Å². The summed E-state index contributed by atoms with van der Waals surface area (Å²) in [6.07, 6.45) is 0.411. The number of thiophene rings is 1. The van der Waals surface area contributed by atoms with Gasteiger partial charge in [-0.1, -0.05) is 29.4 Å². The average molecular weight is 421 g/mol. The van der Waals surface area contributed by atoms with Crippen molar-refractivity contribution in [3.05, 3.63) is 77.5 Å². The molecule has 152 valence electrons. The number of benzene rings is 2. The Labute approximate surface area is 177 Å². The Balaban J connectivity index is 1.38. The Bertz CT molecular complexity index is 1110. The van der Waals surface area contributed by atoms with Crippen molar-refractivity contribution in [2.75, 3.05) is 19.0 Å². The van der Waals surface area contributed by atoms with E-state index in [1.807, 2.05) is 41.8 Å². The summed E-state index contributed by atoms with van der Waals surface area (Å²) in [4.78, 5) is 17.8. The number of rotatable bonds is 8. The molecule has 0 bridgehead atoms. The molecule has 7 nitrogen and oxygen atoms in total. The molecule has 30 heavy (non-hydrogen) atoms. The highest BCUT2D eigenvalue weighted by Crippen LogP contribution is 2.24. The van der Waals surface area contributed by atoms with Crippen LogP contribution in [0.15, 0.2) is 70.6 Å². The fraction of sp³-hybridized carbons (Fsp3) is 0.136. The third-order valence-electron chi connectivity index (χ3n) is 4.27. The smallest absolute Gasteiger partial charge is 0.262 e. The first-order valence-corrected chi connectivity index (χ1v) is 10.1. The number of ether oxygens (including phenoxy) is 2. The molecule has 0 spiro atoms. The van der Waals surface area contributed by atoms with Crippen molar-refractivity contribution in [1.82, 2.24) is 10.1 Å². The van der Waals surface area contributed by atoms with Gasteiger partial charge in [-0.2, -0.15) is 4.98 Å². The Morgan fingerprint density at radius 1 is 1.07 bits per heavy atom. The third-order valence-corrected chi connectivity index (χ3v) is 5.14. The van der Waals surface area contributed by atoms with E-state index >= 15 is 0 Å². The molecular weight excluding hydrogens is 402 g/mol. The third kappa shape index (κ3) is 4.84. The summed E-state index contributed by atoms with van der Waals surface area (Å²) in [5.41, 5.74) is 1.55. The molecule has 8 heteroatoms. The average Bonchev–Trinajstić information content (AvgIpc) is 3.46. The molecule has 0 atom stereocenters. The van der Waals surface area contributed by atoms with Crippen LogP contribution in [0.4, 0.5) is 5.69 Å². The van der Waals surface area contributed by atoms with Gasteiger partial charge in [0.1, 0.15) is 11.5 Å². The number of anilines is 1. The summed E-state index contributed by atoms with van der Waals surface area (Å²) in [7, 11) is 1.60. The van der Waals surface area contributed by atoms with Crippen LogP contribution >= 0.6 is 11.3 Å². The Kier molecular flexibility index (Phi) is 6.05. The summed E-state index contributed by atoms with van der Waals surface area (Å²) < 4.78 is 16.0. The maximum Gasteiger partial charge on any atom is 0.262 e. The van der Waals surface area contributed by atoms with E-state index in [0.717, 1.165) is 16.2 Å². The van der Waals surface area contributed by atoms with Crippen molar-refractivity contribution >= 4 is 22.9 Å². The predicted octanol–water partition coefficient (Wildman–Crippen LogP) is 4.42. The second-order valence-electron chi connectivity index (χ2n) is 6.34. The molecule has 0 unspecified atom stereocenters. The van der Waals surface area contributed by atoms with E-state index in [0.29, 0.717) is 29.6 Å². The number of amides is 1. The summed E-state index contributed by atoms with van der Waals surface area (Å²) in [6.45, 7) is -0.107. The molecule has 2 heterocycles. The van der Waals surface area contributed by atoms with Gasteiger partial charge in [-0.25, -0.2) is 0 Å². The number of carbonyl (C=O) groups excluding carboxylic acids is 1. The fourth-order valence-electron chi connectivity index (χ4n) is 2.80. The van der Waals surface area contributed by atoms with Crippen molar-refractivity contribution in [3.63, 3.8) is 0 Å². The molecule has 2 aromatic heterocycles. The lowest BCUT2D eigenvalue weighted by molar-refractivity contribution is -0.118. The lowest BCUT2D eigenvalue weighted by Gasteiger charge is -2.11. The highest BCUT2D eigenvalue weighted by molar-refractivity contribution is 7.13. The lowest BCUT2D eigenvalue weighted by atomic mass is 10.1. The topological polar surface area (TPSA) is 86.5 Å². The van der Waals surface area contributed by atoms with E-state index in [9.17, 15) is 4.79 Å². The number of hydrogen-bond donors (Lipinski definition) is 1. The number of nitrogens with zero attached hydrogens (tertiary/aromatic N) is 2. The van der Waals surface area contributed by atoms with Gasteiger partial charge in [0.05, 0.1) is 18.4 Å². The van der Waals surface area contributed by atoms with Gasteiger partial charge in [0.15, 0.2) is 6.61 Å². The number of nitrogens with one attached hydrogen (secondary N) is 1. The first kappa shape index (κ1) is 19.7. The van der Waals surface area contributed by atoms with Gasteiger partial charge in [-0.3, -0.25) is 4.79 Å². The second kappa shape index (κ2) is 9.23. The van der Waals surface area contributed by atoms with E-state index in [1.165, 1.54) is 0 Å². The van der Waals surface area contributed by atoms with Crippen molar-refractivity contribution < 1.29 is 18.8 Å². The Morgan fingerprint density at radius 3 is 2.63 bits per heavy atom. The molecule has 1 amide bonds. The first-order chi connectivity index (χ1) is 14.7. The lowest BCUT2D eigenvalue weighted by Crippen LogP contribution is -2.21. The number of aromatic nitrogens is 2. The van der Waals surface area contributed by atoms with E-state index in [2.05, 4.69) is 15.5 Å². The van der Waals surface area contributed by atoms with Crippen molar-refractivity contribution in [3.8, 4) is 22.2 Å². The maximum atomic E-state index is 12.4. The molecule has 0 saturated heterocycles. The number of carbonyl (C=O) groups is 1. The molecule has 4 rings (SSSR count). The summed E-state index contributed by atoms with van der Waals surface area (Å²) >= 11 is 1.55. The van der Waals surface area contributed by atoms with Crippen LogP contribution in [0, 0.1) is 0 Å². The van der Waals surface area contributed by atoms with Crippen molar-refractivity contribution in [1.29, 1.82) is 0 Å². The minimum absolute atomic E-state index is 0.107. The van der Waals surface area contributed by atoms with Gasteiger partial charge in [0, 0.05) is 5.69 Å². The van der Waals surface area contributed by atoms with Gasteiger partial charge < -0.3 is 19.3 Å². The molecule has 0 radical (unpaired) electrons. The van der Waals surface area contributed by atoms with Crippen LogP contribution in [0.25, 0.3) is 10.7 Å². The van der Waals surface area contributed by atoms with Crippen LogP contribution in [-0.2, 0) is 11.2 Å².